The van der Waals surface area contributed by atoms with Crippen molar-refractivity contribution in [2.75, 3.05) is 13.1 Å². The molecule has 1 aliphatic rings. The molecule has 3 aromatic carbocycles. The van der Waals surface area contributed by atoms with Crippen molar-refractivity contribution in [3.8, 4) is 0 Å². The van der Waals surface area contributed by atoms with E-state index < -0.39 is 10.0 Å². The fourth-order valence-electron chi connectivity index (χ4n) is 3.86. The highest BCUT2D eigenvalue weighted by Crippen LogP contribution is 2.26. The summed E-state index contributed by atoms with van der Waals surface area (Å²) in [6.45, 7) is 0.748. The molecule has 1 aliphatic heterocycles. The van der Waals surface area contributed by atoms with Gasteiger partial charge in [-0.15, -0.1) is 0 Å². The van der Waals surface area contributed by atoms with Crippen molar-refractivity contribution in [2.45, 2.75) is 18.6 Å². The molecule has 144 valence electrons. The first-order valence-electron chi connectivity index (χ1n) is 9.58. The van der Waals surface area contributed by atoms with Crippen LogP contribution in [0, 0.1) is 5.92 Å². The number of benzene rings is 3. The first kappa shape index (κ1) is 18.8. The highest BCUT2D eigenvalue weighted by molar-refractivity contribution is 7.88. The summed E-state index contributed by atoms with van der Waals surface area (Å²) in [5.41, 5.74) is 1.43. The third-order valence-electron chi connectivity index (χ3n) is 5.37. The highest BCUT2D eigenvalue weighted by atomic mass is 32.2. The SMILES string of the molecule is O=C(c1ccc2ccccc2c1)C1CCCN(S(=O)(=O)Cc2ccccc2)C1. The Morgan fingerprint density at radius 3 is 2.43 bits per heavy atom. The maximum absolute atomic E-state index is 13.1. The number of carbonyl (C=O) groups is 1. The smallest absolute Gasteiger partial charge is 0.218 e. The minimum absolute atomic E-state index is 0.0231. The fourth-order valence-corrected chi connectivity index (χ4v) is 5.47. The molecule has 3 aromatic rings. The summed E-state index contributed by atoms with van der Waals surface area (Å²) in [7, 11) is -3.44. The number of hydrogen-bond acceptors (Lipinski definition) is 3. The number of fused-ring (bicyclic) bond motifs is 1. The van der Waals surface area contributed by atoms with E-state index >= 15 is 0 Å². The molecule has 0 spiro atoms. The zero-order valence-corrected chi connectivity index (χ0v) is 16.4. The Kier molecular flexibility index (Phi) is 5.29. The van der Waals surface area contributed by atoms with Crippen LogP contribution in [-0.2, 0) is 15.8 Å². The zero-order chi connectivity index (χ0) is 19.6. The van der Waals surface area contributed by atoms with Crippen LogP contribution in [0.3, 0.4) is 0 Å². The second-order valence-corrected chi connectivity index (χ2v) is 9.33. The van der Waals surface area contributed by atoms with Gasteiger partial charge in [-0.25, -0.2) is 12.7 Å². The van der Waals surface area contributed by atoms with E-state index in [0.717, 1.165) is 22.8 Å². The molecule has 1 unspecified atom stereocenters. The molecule has 4 nitrogen and oxygen atoms in total. The summed E-state index contributed by atoms with van der Waals surface area (Å²) in [6.07, 6.45) is 1.43. The standard InChI is InChI=1S/C23H23NO3S/c25-23(21-13-12-19-9-4-5-10-20(19)15-21)22-11-6-14-24(16-22)28(26,27)17-18-7-2-1-3-8-18/h1-5,7-10,12-13,15,22H,6,11,14,16-17H2. The van der Waals surface area contributed by atoms with Crippen molar-refractivity contribution in [3.05, 3.63) is 83.9 Å². The Morgan fingerprint density at radius 2 is 1.64 bits per heavy atom. The molecule has 4 rings (SSSR count). The van der Waals surface area contributed by atoms with E-state index in [4.69, 9.17) is 0 Å². The maximum Gasteiger partial charge on any atom is 0.218 e. The minimum Gasteiger partial charge on any atom is -0.294 e. The lowest BCUT2D eigenvalue weighted by Gasteiger charge is -2.31. The third kappa shape index (κ3) is 4.01. The Bertz CT molecular complexity index is 1090. The molecule has 0 aromatic heterocycles. The molecule has 1 fully saturated rings. The predicted molar refractivity (Wildman–Crippen MR) is 112 cm³/mol. The molecular weight excluding hydrogens is 370 g/mol. The first-order chi connectivity index (χ1) is 13.5. The maximum atomic E-state index is 13.1. The second-order valence-electron chi connectivity index (χ2n) is 7.37. The van der Waals surface area contributed by atoms with Gasteiger partial charge in [-0.2, -0.15) is 0 Å². The van der Waals surface area contributed by atoms with Gasteiger partial charge in [0.05, 0.1) is 5.75 Å². The minimum atomic E-state index is -3.44. The molecule has 0 bridgehead atoms. The number of hydrogen-bond donors (Lipinski definition) is 0. The molecule has 0 saturated carbocycles. The van der Waals surface area contributed by atoms with E-state index in [1.165, 1.54) is 4.31 Å². The van der Waals surface area contributed by atoms with Gasteiger partial charge < -0.3 is 0 Å². The lowest BCUT2D eigenvalue weighted by Crippen LogP contribution is -2.42. The van der Waals surface area contributed by atoms with Crippen LogP contribution in [0.1, 0.15) is 28.8 Å². The van der Waals surface area contributed by atoms with Crippen molar-refractivity contribution in [2.24, 2.45) is 5.92 Å². The van der Waals surface area contributed by atoms with E-state index in [1.54, 1.807) is 0 Å². The van der Waals surface area contributed by atoms with Gasteiger partial charge in [0.2, 0.25) is 10.0 Å². The quantitative estimate of drug-likeness (QED) is 0.609. The monoisotopic (exact) mass is 393 g/mol. The van der Waals surface area contributed by atoms with Crippen LogP contribution in [0.15, 0.2) is 72.8 Å². The summed E-state index contributed by atoms with van der Waals surface area (Å²) < 4.78 is 27.2. The van der Waals surface area contributed by atoms with Crippen LogP contribution < -0.4 is 0 Å². The van der Waals surface area contributed by atoms with Gasteiger partial charge in [-0.05, 0) is 35.2 Å². The van der Waals surface area contributed by atoms with Crippen molar-refractivity contribution < 1.29 is 13.2 Å². The summed E-state index contributed by atoms with van der Waals surface area (Å²) in [5.74, 6) is -0.282. The van der Waals surface area contributed by atoms with Crippen molar-refractivity contribution in [1.82, 2.24) is 4.31 Å². The average molecular weight is 394 g/mol. The van der Waals surface area contributed by atoms with E-state index in [-0.39, 0.29) is 24.0 Å². The van der Waals surface area contributed by atoms with Gasteiger partial charge in [0, 0.05) is 24.6 Å². The summed E-state index contributed by atoms with van der Waals surface area (Å²) in [5, 5.41) is 2.12. The van der Waals surface area contributed by atoms with Gasteiger partial charge in [-0.1, -0.05) is 66.7 Å². The molecule has 5 heteroatoms. The lowest BCUT2D eigenvalue weighted by atomic mass is 9.90. The summed E-state index contributed by atoms with van der Waals surface area (Å²) in [4.78, 5) is 13.1. The Labute approximate surface area is 165 Å². The Morgan fingerprint density at radius 1 is 0.929 bits per heavy atom. The van der Waals surface area contributed by atoms with Crippen LogP contribution in [0.4, 0.5) is 0 Å². The molecule has 0 aliphatic carbocycles. The first-order valence-corrected chi connectivity index (χ1v) is 11.2. The molecule has 1 saturated heterocycles. The van der Waals surface area contributed by atoms with E-state index in [9.17, 15) is 13.2 Å². The summed E-state index contributed by atoms with van der Waals surface area (Å²) >= 11 is 0. The van der Waals surface area contributed by atoms with Gasteiger partial charge in [0.25, 0.3) is 0 Å². The van der Waals surface area contributed by atoms with E-state index in [2.05, 4.69) is 0 Å². The van der Waals surface area contributed by atoms with Gasteiger partial charge in [0.1, 0.15) is 0 Å². The number of rotatable bonds is 5. The van der Waals surface area contributed by atoms with E-state index in [1.807, 2.05) is 72.8 Å². The number of sulfonamides is 1. The van der Waals surface area contributed by atoms with Gasteiger partial charge in [-0.3, -0.25) is 4.79 Å². The Balaban J connectivity index is 1.51. The largest absolute Gasteiger partial charge is 0.294 e. The third-order valence-corrected chi connectivity index (χ3v) is 7.19. The van der Waals surface area contributed by atoms with Crippen LogP contribution >= 0.6 is 0 Å². The highest BCUT2D eigenvalue weighted by Gasteiger charge is 2.32. The topological polar surface area (TPSA) is 54.5 Å². The van der Waals surface area contributed by atoms with Gasteiger partial charge in [0.15, 0.2) is 5.78 Å². The molecule has 1 atom stereocenters. The van der Waals surface area contributed by atoms with Crippen LogP contribution in [-0.4, -0.2) is 31.6 Å². The van der Waals surface area contributed by atoms with Crippen LogP contribution in [0.25, 0.3) is 10.8 Å². The average Bonchev–Trinajstić information content (AvgIpc) is 2.73. The number of piperidine rings is 1. The second kappa shape index (κ2) is 7.86. The fraction of sp³-hybridized carbons (Fsp3) is 0.261. The predicted octanol–water partition coefficient (Wildman–Crippen LogP) is 4.26. The molecule has 28 heavy (non-hydrogen) atoms. The number of ketones is 1. The van der Waals surface area contributed by atoms with Crippen molar-refractivity contribution >= 4 is 26.6 Å². The zero-order valence-electron chi connectivity index (χ0n) is 15.6. The molecule has 1 heterocycles. The number of carbonyl (C=O) groups excluding carboxylic acids is 1. The summed E-state index contributed by atoms with van der Waals surface area (Å²) in [6, 6.07) is 22.8. The van der Waals surface area contributed by atoms with Crippen molar-refractivity contribution in [3.63, 3.8) is 0 Å². The number of nitrogens with zero attached hydrogens (tertiary/aromatic N) is 1. The molecule has 0 radical (unpaired) electrons. The molecular formula is C23H23NO3S. The van der Waals surface area contributed by atoms with Crippen LogP contribution in [0.2, 0.25) is 0 Å². The molecule has 0 N–H and O–H groups in total. The molecule has 0 amide bonds. The van der Waals surface area contributed by atoms with E-state index in [0.29, 0.717) is 18.5 Å². The normalized spacial score (nSPS) is 18.2. The Hall–Kier alpha value is -2.50. The van der Waals surface area contributed by atoms with Crippen LogP contribution in [0.5, 0.6) is 0 Å². The lowest BCUT2D eigenvalue weighted by molar-refractivity contribution is 0.0872. The van der Waals surface area contributed by atoms with Gasteiger partial charge >= 0.3 is 0 Å². The van der Waals surface area contributed by atoms with Crippen molar-refractivity contribution in [1.29, 1.82) is 0 Å². The number of Topliss-reactive ketones (excluding diaryl/α,β-unsaturated/α-hetero) is 1.